The van der Waals surface area contributed by atoms with Gasteiger partial charge in [0.2, 0.25) is 5.91 Å². The van der Waals surface area contributed by atoms with Crippen molar-refractivity contribution in [3.05, 3.63) is 42.1 Å². The second-order valence-electron chi connectivity index (χ2n) is 7.05. The summed E-state index contributed by atoms with van der Waals surface area (Å²) >= 11 is 0. The third kappa shape index (κ3) is 3.29. The molecule has 2 aliphatic rings. The SMILES string of the molecule is O=C(Cc1cnc2ccccc2c1)N1CC[C@H](C2CCOCC2)C1. The Morgan fingerprint density at radius 2 is 2.00 bits per heavy atom. The highest BCUT2D eigenvalue weighted by Crippen LogP contribution is 2.31. The molecule has 4 nitrogen and oxygen atoms in total. The molecule has 4 heteroatoms. The number of nitrogens with zero attached hydrogens (tertiary/aromatic N) is 2. The van der Waals surface area contributed by atoms with Gasteiger partial charge in [-0.25, -0.2) is 0 Å². The molecule has 1 atom stereocenters. The van der Waals surface area contributed by atoms with Crippen LogP contribution in [0.1, 0.15) is 24.8 Å². The predicted octanol–water partition coefficient (Wildman–Crippen LogP) is 3.05. The van der Waals surface area contributed by atoms with Crippen LogP contribution in [0.5, 0.6) is 0 Å². The number of para-hydroxylation sites is 1. The normalized spacial score (nSPS) is 22.2. The van der Waals surface area contributed by atoms with Crippen LogP contribution < -0.4 is 0 Å². The van der Waals surface area contributed by atoms with E-state index in [9.17, 15) is 4.79 Å². The van der Waals surface area contributed by atoms with Gasteiger partial charge >= 0.3 is 0 Å². The number of aromatic nitrogens is 1. The maximum Gasteiger partial charge on any atom is 0.227 e. The van der Waals surface area contributed by atoms with Crippen LogP contribution in [0.25, 0.3) is 10.9 Å². The molecule has 2 fully saturated rings. The van der Waals surface area contributed by atoms with Crippen LogP contribution in [0.2, 0.25) is 0 Å². The zero-order chi connectivity index (χ0) is 16.4. The molecule has 2 aromatic rings. The quantitative estimate of drug-likeness (QED) is 0.871. The number of carbonyl (C=O) groups excluding carboxylic acids is 1. The monoisotopic (exact) mass is 324 g/mol. The van der Waals surface area contributed by atoms with Gasteiger partial charge in [-0.2, -0.15) is 0 Å². The Kier molecular flexibility index (Phi) is 4.48. The van der Waals surface area contributed by atoms with Gasteiger partial charge in [0.25, 0.3) is 0 Å². The molecule has 0 N–H and O–H groups in total. The summed E-state index contributed by atoms with van der Waals surface area (Å²) in [5.74, 6) is 1.63. The highest BCUT2D eigenvalue weighted by molar-refractivity contribution is 5.82. The van der Waals surface area contributed by atoms with Gasteiger partial charge in [-0.05, 0) is 48.8 Å². The van der Waals surface area contributed by atoms with Crippen molar-refractivity contribution in [1.29, 1.82) is 0 Å². The molecule has 3 heterocycles. The molecular weight excluding hydrogens is 300 g/mol. The van der Waals surface area contributed by atoms with Crippen molar-refractivity contribution in [2.45, 2.75) is 25.7 Å². The highest BCUT2D eigenvalue weighted by Gasteiger charge is 2.32. The Bertz CT molecular complexity index is 724. The zero-order valence-electron chi connectivity index (χ0n) is 14.0. The van der Waals surface area contributed by atoms with Gasteiger partial charge in [-0.3, -0.25) is 9.78 Å². The largest absolute Gasteiger partial charge is 0.381 e. The Morgan fingerprint density at radius 1 is 1.17 bits per heavy atom. The average Bonchev–Trinajstić information content (AvgIpc) is 3.13. The van der Waals surface area contributed by atoms with Gasteiger partial charge in [-0.15, -0.1) is 0 Å². The molecule has 0 unspecified atom stereocenters. The maximum absolute atomic E-state index is 12.7. The number of benzene rings is 1. The molecule has 2 aliphatic heterocycles. The van der Waals surface area contributed by atoms with Crippen LogP contribution in [0.4, 0.5) is 0 Å². The molecule has 1 aromatic carbocycles. The van der Waals surface area contributed by atoms with Crippen molar-refractivity contribution >= 4 is 16.8 Å². The summed E-state index contributed by atoms with van der Waals surface area (Å²) in [7, 11) is 0. The molecule has 1 amide bonds. The van der Waals surface area contributed by atoms with E-state index >= 15 is 0 Å². The van der Waals surface area contributed by atoms with Gasteiger partial charge in [-0.1, -0.05) is 18.2 Å². The van der Waals surface area contributed by atoms with Crippen LogP contribution >= 0.6 is 0 Å². The molecule has 0 spiro atoms. The van der Waals surface area contributed by atoms with E-state index < -0.39 is 0 Å². The van der Waals surface area contributed by atoms with E-state index in [0.29, 0.717) is 12.3 Å². The van der Waals surface area contributed by atoms with Gasteiger partial charge in [0.15, 0.2) is 0 Å². The van der Waals surface area contributed by atoms with Crippen molar-refractivity contribution in [1.82, 2.24) is 9.88 Å². The molecular formula is C20H24N2O2. The number of ether oxygens (including phenoxy) is 1. The van der Waals surface area contributed by atoms with E-state index in [-0.39, 0.29) is 5.91 Å². The number of amides is 1. The molecule has 2 saturated heterocycles. The number of pyridine rings is 1. The Labute approximate surface area is 142 Å². The molecule has 126 valence electrons. The molecule has 0 saturated carbocycles. The van der Waals surface area contributed by atoms with E-state index in [2.05, 4.69) is 16.0 Å². The van der Waals surface area contributed by atoms with Crippen molar-refractivity contribution in [3.8, 4) is 0 Å². The Morgan fingerprint density at radius 3 is 2.88 bits per heavy atom. The molecule has 1 aromatic heterocycles. The fourth-order valence-corrected chi connectivity index (χ4v) is 4.09. The second kappa shape index (κ2) is 6.89. The topological polar surface area (TPSA) is 42.4 Å². The van der Waals surface area contributed by atoms with Crippen LogP contribution in [0.3, 0.4) is 0 Å². The molecule has 0 bridgehead atoms. The molecule has 4 rings (SSSR count). The second-order valence-corrected chi connectivity index (χ2v) is 7.05. The first-order valence-corrected chi connectivity index (χ1v) is 8.99. The van der Waals surface area contributed by atoms with E-state index in [1.807, 2.05) is 30.5 Å². The maximum atomic E-state index is 12.7. The van der Waals surface area contributed by atoms with Gasteiger partial charge in [0.05, 0.1) is 11.9 Å². The lowest BCUT2D eigenvalue weighted by atomic mass is 9.85. The number of carbonyl (C=O) groups is 1. The summed E-state index contributed by atoms with van der Waals surface area (Å²) in [5, 5.41) is 1.10. The van der Waals surface area contributed by atoms with Crippen LogP contribution in [-0.2, 0) is 16.0 Å². The van der Waals surface area contributed by atoms with Crippen molar-refractivity contribution in [2.75, 3.05) is 26.3 Å². The summed E-state index contributed by atoms with van der Waals surface area (Å²) in [4.78, 5) is 19.2. The standard InChI is InChI=1S/C20H24N2O2/c23-20(12-15-11-17-3-1-2-4-19(17)21-13-15)22-8-5-18(14-22)16-6-9-24-10-7-16/h1-4,11,13,16,18H,5-10,12,14H2/t18-/m0/s1. The summed E-state index contributed by atoms with van der Waals surface area (Å²) in [6.45, 7) is 3.60. The third-order valence-corrected chi connectivity index (χ3v) is 5.51. The van der Waals surface area contributed by atoms with Crippen molar-refractivity contribution < 1.29 is 9.53 Å². The zero-order valence-corrected chi connectivity index (χ0v) is 14.0. The Balaban J connectivity index is 1.38. The molecule has 0 radical (unpaired) electrons. The summed E-state index contributed by atoms with van der Waals surface area (Å²) in [6.07, 6.45) is 5.75. The number of hydrogen-bond donors (Lipinski definition) is 0. The minimum Gasteiger partial charge on any atom is -0.381 e. The van der Waals surface area contributed by atoms with Gasteiger partial charge < -0.3 is 9.64 Å². The number of fused-ring (bicyclic) bond motifs is 1. The first-order valence-electron chi connectivity index (χ1n) is 8.99. The summed E-state index contributed by atoms with van der Waals surface area (Å²) < 4.78 is 5.46. The summed E-state index contributed by atoms with van der Waals surface area (Å²) in [5.41, 5.74) is 1.99. The lowest BCUT2D eigenvalue weighted by molar-refractivity contribution is -0.129. The number of hydrogen-bond acceptors (Lipinski definition) is 3. The smallest absolute Gasteiger partial charge is 0.227 e. The average molecular weight is 324 g/mol. The Hall–Kier alpha value is -1.94. The predicted molar refractivity (Wildman–Crippen MR) is 93.7 cm³/mol. The molecule has 24 heavy (non-hydrogen) atoms. The minimum atomic E-state index is 0.238. The number of likely N-dealkylation sites (tertiary alicyclic amines) is 1. The van der Waals surface area contributed by atoms with E-state index in [4.69, 9.17) is 4.74 Å². The van der Waals surface area contributed by atoms with E-state index in [0.717, 1.165) is 68.0 Å². The third-order valence-electron chi connectivity index (χ3n) is 5.51. The van der Waals surface area contributed by atoms with E-state index in [1.54, 1.807) is 0 Å². The van der Waals surface area contributed by atoms with E-state index in [1.165, 1.54) is 0 Å². The van der Waals surface area contributed by atoms with Gasteiger partial charge in [0, 0.05) is 37.9 Å². The fraction of sp³-hybridized carbons (Fsp3) is 0.500. The van der Waals surface area contributed by atoms with Crippen LogP contribution in [0.15, 0.2) is 36.5 Å². The lowest BCUT2D eigenvalue weighted by Crippen LogP contribution is -2.32. The van der Waals surface area contributed by atoms with Gasteiger partial charge in [0.1, 0.15) is 0 Å². The fourth-order valence-electron chi connectivity index (χ4n) is 4.09. The summed E-state index contributed by atoms with van der Waals surface area (Å²) in [6, 6.07) is 10.1. The van der Waals surface area contributed by atoms with Crippen LogP contribution in [0, 0.1) is 11.8 Å². The number of rotatable bonds is 3. The van der Waals surface area contributed by atoms with Crippen molar-refractivity contribution in [2.24, 2.45) is 11.8 Å². The lowest BCUT2D eigenvalue weighted by Gasteiger charge is -2.27. The first kappa shape index (κ1) is 15.6. The van der Waals surface area contributed by atoms with Crippen LogP contribution in [-0.4, -0.2) is 42.1 Å². The highest BCUT2D eigenvalue weighted by atomic mass is 16.5. The first-order chi connectivity index (χ1) is 11.8. The van der Waals surface area contributed by atoms with Crippen molar-refractivity contribution in [3.63, 3.8) is 0 Å². The minimum absolute atomic E-state index is 0.238. The molecule has 0 aliphatic carbocycles.